The Hall–Kier alpha value is -2.71. The molecule has 2 aromatic rings. The zero-order chi connectivity index (χ0) is 21.9. The van der Waals surface area contributed by atoms with Crippen LogP contribution in [0.2, 0.25) is 0 Å². The van der Waals surface area contributed by atoms with Crippen LogP contribution in [0.5, 0.6) is 11.5 Å². The maximum atomic E-state index is 12.5. The second-order valence-electron chi connectivity index (χ2n) is 6.51. The lowest BCUT2D eigenvalue weighted by atomic mass is 10.1. The first-order valence-corrected chi connectivity index (χ1v) is 10.7. The minimum absolute atomic E-state index is 0.0741. The minimum atomic E-state index is -0.363. The molecule has 0 saturated carbocycles. The third kappa shape index (κ3) is 7.27. The molecule has 0 heterocycles. The minimum Gasteiger partial charge on any atom is -0.497 e. The maximum Gasteiger partial charge on any atom is 0.319 e. The Morgan fingerprint density at radius 2 is 1.70 bits per heavy atom. The number of anilines is 1. The summed E-state index contributed by atoms with van der Waals surface area (Å²) in [6, 6.07) is 13.2. The molecule has 8 heteroatoms. The van der Waals surface area contributed by atoms with E-state index in [1.807, 2.05) is 47.6 Å². The summed E-state index contributed by atoms with van der Waals surface area (Å²) in [4.78, 5) is 27.2. The average molecular weight is 433 g/mol. The standard InChI is InChI=1S/C22H28N2O5S/c1-27-17-11-16(12-18(13-17)28-2)14-24(15-22(26)29-3)10-9-21(25)23-19-7-5-6-8-20(19)30-4/h5-8,11-13H,9-10,14-15H2,1-4H3,(H,23,25). The van der Waals surface area contributed by atoms with Gasteiger partial charge in [-0.15, -0.1) is 11.8 Å². The highest BCUT2D eigenvalue weighted by atomic mass is 32.2. The van der Waals surface area contributed by atoms with Crippen molar-refractivity contribution >= 4 is 29.3 Å². The summed E-state index contributed by atoms with van der Waals surface area (Å²) in [6.07, 6.45) is 2.20. The summed E-state index contributed by atoms with van der Waals surface area (Å²) in [7, 11) is 4.52. The van der Waals surface area contributed by atoms with E-state index in [0.29, 0.717) is 24.6 Å². The van der Waals surface area contributed by atoms with Crippen LogP contribution in [0.1, 0.15) is 12.0 Å². The van der Waals surface area contributed by atoms with Gasteiger partial charge in [-0.3, -0.25) is 14.5 Å². The van der Waals surface area contributed by atoms with Crippen molar-refractivity contribution in [2.24, 2.45) is 0 Å². The van der Waals surface area contributed by atoms with E-state index in [-0.39, 0.29) is 24.8 Å². The number of hydrogen-bond acceptors (Lipinski definition) is 7. The molecule has 0 aromatic heterocycles. The van der Waals surface area contributed by atoms with Crippen LogP contribution in [0.3, 0.4) is 0 Å². The van der Waals surface area contributed by atoms with Crippen LogP contribution < -0.4 is 14.8 Å². The van der Waals surface area contributed by atoms with E-state index in [0.717, 1.165) is 16.1 Å². The van der Waals surface area contributed by atoms with E-state index in [1.54, 1.807) is 32.0 Å². The Bertz CT molecular complexity index is 837. The van der Waals surface area contributed by atoms with Crippen LogP contribution in [0.25, 0.3) is 0 Å². The monoisotopic (exact) mass is 432 g/mol. The van der Waals surface area contributed by atoms with E-state index < -0.39 is 0 Å². The number of thioether (sulfide) groups is 1. The molecular formula is C22H28N2O5S. The van der Waals surface area contributed by atoms with Gasteiger partial charge in [-0.25, -0.2) is 0 Å². The highest BCUT2D eigenvalue weighted by Gasteiger charge is 2.15. The number of amides is 1. The van der Waals surface area contributed by atoms with E-state index >= 15 is 0 Å². The summed E-state index contributed by atoms with van der Waals surface area (Å²) in [5.74, 6) is 0.843. The van der Waals surface area contributed by atoms with Crippen LogP contribution in [-0.4, -0.2) is 57.5 Å². The summed E-state index contributed by atoms with van der Waals surface area (Å²) in [5.41, 5.74) is 1.69. The van der Waals surface area contributed by atoms with Gasteiger partial charge in [0.1, 0.15) is 11.5 Å². The Balaban J connectivity index is 2.06. The first kappa shape index (κ1) is 23.6. The molecule has 0 bridgehead atoms. The van der Waals surface area contributed by atoms with Crippen LogP contribution in [-0.2, 0) is 20.9 Å². The van der Waals surface area contributed by atoms with Gasteiger partial charge in [-0.1, -0.05) is 12.1 Å². The zero-order valence-electron chi connectivity index (χ0n) is 17.8. The molecule has 1 amide bonds. The fourth-order valence-corrected chi connectivity index (χ4v) is 3.45. The van der Waals surface area contributed by atoms with Gasteiger partial charge >= 0.3 is 5.97 Å². The summed E-state index contributed by atoms with van der Waals surface area (Å²) in [6.45, 7) is 0.907. The molecule has 0 spiro atoms. The Kier molecular flexibility index (Phi) is 9.50. The Morgan fingerprint density at radius 1 is 1.03 bits per heavy atom. The quantitative estimate of drug-likeness (QED) is 0.431. The molecule has 0 radical (unpaired) electrons. The number of carbonyl (C=O) groups is 2. The molecule has 0 fully saturated rings. The smallest absolute Gasteiger partial charge is 0.319 e. The highest BCUT2D eigenvalue weighted by Crippen LogP contribution is 2.25. The number of para-hydroxylation sites is 1. The number of methoxy groups -OCH3 is 3. The maximum absolute atomic E-state index is 12.5. The lowest BCUT2D eigenvalue weighted by Gasteiger charge is -2.21. The molecule has 0 saturated heterocycles. The van der Waals surface area contributed by atoms with Crippen molar-refractivity contribution in [1.29, 1.82) is 0 Å². The molecule has 2 aromatic carbocycles. The van der Waals surface area contributed by atoms with E-state index in [2.05, 4.69) is 5.32 Å². The summed E-state index contributed by atoms with van der Waals surface area (Å²) < 4.78 is 15.4. The molecule has 0 atom stereocenters. The van der Waals surface area contributed by atoms with Gasteiger partial charge in [0.2, 0.25) is 5.91 Å². The average Bonchev–Trinajstić information content (AvgIpc) is 2.77. The molecule has 2 rings (SSSR count). The lowest BCUT2D eigenvalue weighted by molar-refractivity contribution is -0.142. The number of nitrogens with one attached hydrogen (secondary N) is 1. The van der Waals surface area contributed by atoms with Gasteiger partial charge in [-0.2, -0.15) is 0 Å². The predicted molar refractivity (Wildman–Crippen MR) is 118 cm³/mol. The number of carbonyl (C=O) groups excluding carboxylic acids is 2. The largest absolute Gasteiger partial charge is 0.497 e. The van der Waals surface area contributed by atoms with Crippen molar-refractivity contribution in [2.75, 3.05) is 46.0 Å². The Morgan fingerprint density at radius 3 is 2.30 bits per heavy atom. The van der Waals surface area contributed by atoms with Crippen molar-refractivity contribution in [1.82, 2.24) is 4.90 Å². The third-order valence-corrected chi connectivity index (χ3v) is 5.23. The molecule has 0 aliphatic heterocycles. The lowest BCUT2D eigenvalue weighted by Crippen LogP contribution is -2.33. The van der Waals surface area contributed by atoms with Crippen LogP contribution in [0, 0.1) is 0 Å². The van der Waals surface area contributed by atoms with Crippen molar-refractivity contribution in [3.8, 4) is 11.5 Å². The molecule has 0 unspecified atom stereocenters. The van der Waals surface area contributed by atoms with Crippen LogP contribution in [0.15, 0.2) is 47.4 Å². The fraction of sp³-hybridized carbons (Fsp3) is 0.364. The highest BCUT2D eigenvalue weighted by molar-refractivity contribution is 7.98. The second-order valence-corrected chi connectivity index (χ2v) is 7.35. The van der Waals surface area contributed by atoms with E-state index in [4.69, 9.17) is 14.2 Å². The van der Waals surface area contributed by atoms with Crippen molar-refractivity contribution in [2.45, 2.75) is 17.9 Å². The first-order chi connectivity index (χ1) is 14.5. The van der Waals surface area contributed by atoms with Gasteiger partial charge in [-0.05, 0) is 36.1 Å². The van der Waals surface area contributed by atoms with Crippen molar-refractivity contribution in [3.63, 3.8) is 0 Å². The molecule has 162 valence electrons. The Labute approximate surface area is 181 Å². The van der Waals surface area contributed by atoms with Crippen LogP contribution >= 0.6 is 11.8 Å². The molecule has 30 heavy (non-hydrogen) atoms. The number of esters is 1. The van der Waals surface area contributed by atoms with Gasteiger partial charge in [0.15, 0.2) is 0 Å². The predicted octanol–water partition coefficient (Wildman–Crippen LogP) is 3.43. The normalized spacial score (nSPS) is 10.6. The van der Waals surface area contributed by atoms with E-state index in [9.17, 15) is 9.59 Å². The van der Waals surface area contributed by atoms with Gasteiger partial charge in [0.25, 0.3) is 0 Å². The van der Waals surface area contributed by atoms with Crippen LogP contribution in [0.4, 0.5) is 5.69 Å². The second kappa shape index (κ2) is 12.1. The molecule has 0 aliphatic carbocycles. The summed E-state index contributed by atoms with van der Waals surface area (Å²) in [5, 5.41) is 2.94. The first-order valence-electron chi connectivity index (χ1n) is 9.43. The zero-order valence-corrected chi connectivity index (χ0v) is 18.6. The molecule has 0 aliphatic rings. The van der Waals surface area contributed by atoms with Gasteiger partial charge in [0, 0.05) is 30.5 Å². The SMILES string of the molecule is COC(=O)CN(CCC(=O)Nc1ccccc1SC)Cc1cc(OC)cc(OC)c1. The fourth-order valence-electron chi connectivity index (χ4n) is 2.90. The number of ether oxygens (including phenoxy) is 3. The number of benzene rings is 2. The molecular weight excluding hydrogens is 404 g/mol. The summed E-state index contributed by atoms with van der Waals surface area (Å²) >= 11 is 1.57. The molecule has 7 nitrogen and oxygen atoms in total. The number of hydrogen-bond donors (Lipinski definition) is 1. The number of nitrogens with zero attached hydrogens (tertiary/aromatic N) is 1. The number of rotatable bonds is 11. The molecule has 1 N–H and O–H groups in total. The van der Waals surface area contributed by atoms with Crippen molar-refractivity contribution < 1.29 is 23.8 Å². The van der Waals surface area contributed by atoms with E-state index in [1.165, 1.54) is 7.11 Å². The van der Waals surface area contributed by atoms with Gasteiger partial charge in [0.05, 0.1) is 33.6 Å². The third-order valence-electron chi connectivity index (χ3n) is 4.43. The van der Waals surface area contributed by atoms with Gasteiger partial charge < -0.3 is 19.5 Å². The van der Waals surface area contributed by atoms with Crippen molar-refractivity contribution in [3.05, 3.63) is 48.0 Å². The topological polar surface area (TPSA) is 77.1 Å².